The molecule has 1 aromatic rings. The first kappa shape index (κ1) is 9.18. The van der Waals surface area contributed by atoms with E-state index in [2.05, 4.69) is 5.32 Å². The maximum atomic E-state index is 11.5. The second-order valence-corrected chi connectivity index (χ2v) is 3.40. The smallest absolute Gasteiger partial charge is 0.261 e. The zero-order chi connectivity index (χ0) is 10.2. The molecule has 4 nitrogen and oxygen atoms in total. The number of aliphatic hydroxyl groups is 1. The number of hydrogen-bond donors (Lipinski definition) is 3. The second kappa shape index (κ2) is 3.08. The second-order valence-electron chi connectivity index (χ2n) is 3.40. The van der Waals surface area contributed by atoms with Crippen molar-refractivity contribution in [2.45, 2.75) is 12.0 Å². The predicted molar refractivity (Wildman–Crippen MR) is 52.6 cm³/mol. The third-order valence-electron chi connectivity index (χ3n) is 2.50. The van der Waals surface area contributed by atoms with Gasteiger partial charge in [-0.3, -0.25) is 4.79 Å². The molecular formula is C10H12N2O2. The quantitative estimate of drug-likeness (QED) is 0.625. The van der Waals surface area contributed by atoms with Crippen LogP contribution in [0, 0.1) is 0 Å². The number of fused-ring (bicyclic) bond motifs is 1. The molecule has 1 aliphatic heterocycles. The van der Waals surface area contributed by atoms with Crippen molar-refractivity contribution in [3.63, 3.8) is 0 Å². The summed E-state index contributed by atoms with van der Waals surface area (Å²) in [5.41, 5.74) is 5.23. The van der Waals surface area contributed by atoms with Gasteiger partial charge in [0.2, 0.25) is 0 Å². The van der Waals surface area contributed by atoms with Gasteiger partial charge in [0, 0.05) is 17.7 Å². The molecule has 0 bridgehead atoms. The van der Waals surface area contributed by atoms with Gasteiger partial charge in [-0.2, -0.15) is 0 Å². The van der Waals surface area contributed by atoms with Crippen LogP contribution < -0.4 is 11.1 Å². The van der Waals surface area contributed by atoms with Gasteiger partial charge in [-0.25, -0.2) is 0 Å². The van der Waals surface area contributed by atoms with E-state index < -0.39 is 5.60 Å². The molecule has 4 N–H and O–H groups in total. The van der Waals surface area contributed by atoms with E-state index in [0.717, 1.165) is 0 Å². The Morgan fingerprint density at radius 2 is 2.14 bits per heavy atom. The molecule has 0 saturated carbocycles. The molecule has 0 radical (unpaired) electrons. The molecule has 2 rings (SSSR count). The van der Waals surface area contributed by atoms with Crippen LogP contribution in [-0.2, 0) is 10.4 Å². The molecule has 1 heterocycles. The lowest BCUT2D eigenvalue weighted by Gasteiger charge is -2.19. The van der Waals surface area contributed by atoms with Gasteiger partial charge in [-0.1, -0.05) is 18.2 Å². The molecule has 1 amide bonds. The van der Waals surface area contributed by atoms with Gasteiger partial charge in [-0.15, -0.1) is 0 Å². The Hall–Kier alpha value is -1.39. The summed E-state index contributed by atoms with van der Waals surface area (Å²) in [7, 11) is 0. The van der Waals surface area contributed by atoms with E-state index in [0.29, 0.717) is 11.3 Å². The molecule has 74 valence electrons. The summed E-state index contributed by atoms with van der Waals surface area (Å²) < 4.78 is 0. The van der Waals surface area contributed by atoms with E-state index in [1.807, 2.05) is 6.07 Å². The zero-order valence-corrected chi connectivity index (χ0v) is 7.66. The van der Waals surface area contributed by atoms with Crippen LogP contribution in [0.1, 0.15) is 12.0 Å². The van der Waals surface area contributed by atoms with E-state index in [1.54, 1.807) is 18.2 Å². The van der Waals surface area contributed by atoms with E-state index in [-0.39, 0.29) is 18.9 Å². The normalized spacial score (nSPS) is 24.6. The van der Waals surface area contributed by atoms with Gasteiger partial charge in [0.05, 0.1) is 0 Å². The first-order valence-electron chi connectivity index (χ1n) is 4.52. The molecule has 1 atom stereocenters. The van der Waals surface area contributed by atoms with Crippen LogP contribution in [0.2, 0.25) is 0 Å². The van der Waals surface area contributed by atoms with Crippen molar-refractivity contribution in [3.8, 4) is 0 Å². The summed E-state index contributed by atoms with van der Waals surface area (Å²) in [6.07, 6.45) is 0.246. The average molecular weight is 192 g/mol. The SMILES string of the molecule is NCC[C@@]1(O)C(=O)Nc2ccccc21. The maximum Gasteiger partial charge on any atom is 0.261 e. The first-order chi connectivity index (χ1) is 6.68. The van der Waals surface area contributed by atoms with Crippen LogP contribution in [0.3, 0.4) is 0 Å². The summed E-state index contributed by atoms with van der Waals surface area (Å²) in [6.45, 7) is 0.276. The monoisotopic (exact) mass is 192 g/mol. The number of benzene rings is 1. The molecule has 0 unspecified atom stereocenters. The standard InChI is InChI=1S/C10H12N2O2/c11-6-5-10(14)7-3-1-2-4-8(7)12-9(10)13/h1-4,14H,5-6,11H2,(H,12,13)/t10-/m0/s1. The molecule has 0 aromatic heterocycles. The van der Waals surface area contributed by atoms with Crippen LogP contribution in [0.25, 0.3) is 0 Å². The number of nitrogens with two attached hydrogens (primary N) is 1. The van der Waals surface area contributed by atoms with Crippen LogP contribution in [0.5, 0.6) is 0 Å². The fraction of sp³-hybridized carbons (Fsp3) is 0.300. The Balaban J connectivity index is 2.48. The molecular weight excluding hydrogens is 180 g/mol. The van der Waals surface area contributed by atoms with Crippen molar-refractivity contribution in [1.29, 1.82) is 0 Å². The van der Waals surface area contributed by atoms with Gasteiger partial charge in [0.25, 0.3) is 5.91 Å². The van der Waals surface area contributed by atoms with Crippen LogP contribution in [0.15, 0.2) is 24.3 Å². The summed E-state index contributed by atoms with van der Waals surface area (Å²) in [5.74, 6) is -0.385. The molecule has 1 aliphatic rings. The topological polar surface area (TPSA) is 75.3 Å². The number of hydrogen-bond acceptors (Lipinski definition) is 3. The van der Waals surface area contributed by atoms with Gasteiger partial charge >= 0.3 is 0 Å². The highest BCUT2D eigenvalue weighted by Crippen LogP contribution is 2.37. The van der Waals surface area contributed by atoms with Gasteiger partial charge in [-0.05, 0) is 12.6 Å². The van der Waals surface area contributed by atoms with Gasteiger partial charge in [0.1, 0.15) is 0 Å². The highest BCUT2D eigenvalue weighted by molar-refractivity contribution is 6.04. The largest absolute Gasteiger partial charge is 0.375 e. The predicted octanol–water partition coefficient (Wildman–Crippen LogP) is 0.175. The van der Waals surface area contributed by atoms with E-state index >= 15 is 0 Å². The van der Waals surface area contributed by atoms with Crippen LogP contribution >= 0.6 is 0 Å². The highest BCUT2D eigenvalue weighted by Gasteiger charge is 2.43. The zero-order valence-electron chi connectivity index (χ0n) is 7.66. The van der Waals surface area contributed by atoms with E-state index in [1.165, 1.54) is 0 Å². The lowest BCUT2D eigenvalue weighted by atomic mass is 9.92. The van der Waals surface area contributed by atoms with Crippen LogP contribution in [0.4, 0.5) is 5.69 Å². The van der Waals surface area contributed by atoms with E-state index in [9.17, 15) is 9.90 Å². The highest BCUT2D eigenvalue weighted by atomic mass is 16.3. The summed E-state index contributed by atoms with van der Waals surface area (Å²) in [5, 5.41) is 12.7. The molecule has 4 heteroatoms. The number of para-hydroxylation sites is 1. The van der Waals surface area contributed by atoms with E-state index in [4.69, 9.17) is 5.73 Å². The Morgan fingerprint density at radius 1 is 1.43 bits per heavy atom. The molecule has 0 fully saturated rings. The van der Waals surface area contributed by atoms with Crippen molar-refractivity contribution in [1.82, 2.24) is 0 Å². The fourth-order valence-corrected chi connectivity index (χ4v) is 1.76. The Kier molecular flexibility index (Phi) is 2.02. The van der Waals surface area contributed by atoms with Crippen molar-refractivity contribution in [3.05, 3.63) is 29.8 Å². The molecule has 1 aromatic carbocycles. The van der Waals surface area contributed by atoms with Crippen molar-refractivity contribution < 1.29 is 9.90 Å². The summed E-state index contributed by atoms with van der Waals surface area (Å²) in [6, 6.07) is 7.11. The minimum atomic E-state index is -1.44. The van der Waals surface area contributed by atoms with Crippen molar-refractivity contribution in [2.75, 3.05) is 11.9 Å². The Morgan fingerprint density at radius 3 is 2.86 bits per heavy atom. The lowest BCUT2D eigenvalue weighted by Crippen LogP contribution is -2.36. The Labute approximate surface area is 81.7 Å². The summed E-state index contributed by atoms with van der Waals surface area (Å²) in [4.78, 5) is 11.5. The third kappa shape index (κ3) is 1.12. The minimum absolute atomic E-state index is 0.246. The maximum absolute atomic E-state index is 11.5. The molecule has 0 aliphatic carbocycles. The third-order valence-corrected chi connectivity index (χ3v) is 2.50. The number of amides is 1. The number of nitrogens with one attached hydrogen (secondary N) is 1. The number of rotatable bonds is 2. The molecule has 0 spiro atoms. The number of carbonyl (C=O) groups is 1. The average Bonchev–Trinajstić information content (AvgIpc) is 2.41. The minimum Gasteiger partial charge on any atom is -0.375 e. The Bertz CT molecular complexity index is 378. The van der Waals surface area contributed by atoms with Crippen molar-refractivity contribution in [2.24, 2.45) is 5.73 Å². The number of anilines is 1. The molecule has 14 heavy (non-hydrogen) atoms. The number of carbonyl (C=O) groups excluding carboxylic acids is 1. The van der Waals surface area contributed by atoms with Gasteiger partial charge < -0.3 is 16.2 Å². The first-order valence-corrected chi connectivity index (χ1v) is 4.52. The lowest BCUT2D eigenvalue weighted by molar-refractivity contribution is -0.134. The fourth-order valence-electron chi connectivity index (χ4n) is 1.76. The van der Waals surface area contributed by atoms with Gasteiger partial charge in [0.15, 0.2) is 5.60 Å². The summed E-state index contributed by atoms with van der Waals surface area (Å²) >= 11 is 0. The van der Waals surface area contributed by atoms with Crippen LogP contribution in [-0.4, -0.2) is 17.6 Å². The molecule has 0 saturated heterocycles. The van der Waals surface area contributed by atoms with Crippen molar-refractivity contribution >= 4 is 11.6 Å².